The molecule has 2 aliphatic carbocycles. The zero-order valence-corrected chi connectivity index (χ0v) is 33.6. The largest absolute Gasteiger partial charge is 0.0622 e. The first kappa shape index (κ1) is 35.4. The first-order valence-electron chi connectivity index (χ1n) is 19.8. The Labute approximate surface area is 319 Å². The van der Waals surface area contributed by atoms with Crippen LogP contribution in [0.2, 0.25) is 0 Å². The van der Waals surface area contributed by atoms with Gasteiger partial charge in [0.15, 0.2) is 0 Å². The van der Waals surface area contributed by atoms with E-state index in [-0.39, 0.29) is 21.7 Å². The Hall–Kier alpha value is -4.68. The molecule has 0 spiro atoms. The quantitative estimate of drug-likeness (QED) is 0.163. The highest BCUT2D eigenvalue weighted by Crippen LogP contribution is 2.54. The predicted molar refractivity (Wildman–Crippen MR) is 227 cm³/mol. The summed E-state index contributed by atoms with van der Waals surface area (Å²) in [5.41, 5.74) is 21.3. The lowest BCUT2D eigenvalue weighted by Crippen LogP contribution is -2.24. The van der Waals surface area contributed by atoms with Crippen LogP contribution in [0, 0.1) is 0 Å². The summed E-state index contributed by atoms with van der Waals surface area (Å²) >= 11 is 0. The van der Waals surface area contributed by atoms with Gasteiger partial charge < -0.3 is 0 Å². The second-order valence-corrected chi connectivity index (χ2v) is 19.1. The SMILES string of the molecule is CC(C)(C)c1cc2c(c(C(C)(C)C)c1)C(C)(C)c1cc(CC(Cc3ccccc3-c3ccccc3)c3ccc4c(c3)C(C)(C)c3ccccc3-4)ccc1-2. The van der Waals surface area contributed by atoms with E-state index < -0.39 is 0 Å². The highest BCUT2D eigenvalue weighted by molar-refractivity contribution is 5.84. The smallest absolute Gasteiger partial charge is 0.0161 e. The van der Waals surface area contributed by atoms with E-state index in [1.165, 1.54) is 83.5 Å². The van der Waals surface area contributed by atoms with Crippen LogP contribution < -0.4 is 0 Å². The van der Waals surface area contributed by atoms with Gasteiger partial charge >= 0.3 is 0 Å². The molecule has 0 heterocycles. The first-order valence-corrected chi connectivity index (χ1v) is 19.8. The van der Waals surface area contributed by atoms with Crippen molar-refractivity contribution in [2.75, 3.05) is 0 Å². The van der Waals surface area contributed by atoms with Gasteiger partial charge in [0, 0.05) is 10.8 Å². The molecule has 2 aliphatic rings. The Kier molecular flexibility index (Phi) is 8.30. The third-order valence-corrected chi connectivity index (χ3v) is 12.6. The summed E-state index contributed by atoms with van der Waals surface area (Å²) in [6.45, 7) is 23.9. The van der Waals surface area contributed by atoms with Gasteiger partial charge in [-0.1, -0.05) is 197 Å². The van der Waals surface area contributed by atoms with Gasteiger partial charge in [0.2, 0.25) is 0 Å². The third-order valence-electron chi connectivity index (χ3n) is 12.6. The number of rotatable bonds is 6. The van der Waals surface area contributed by atoms with Crippen LogP contribution in [-0.2, 0) is 34.5 Å². The van der Waals surface area contributed by atoms with Crippen LogP contribution in [0.1, 0.15) is 125 Å². The molecule has 0 heteroatoms. The molecule has 268 valence electrons. The normalized spacial score (nSPS) is 15.7. The summed E-state index contributed by atoms with van der Waals surface area (Å²) < 4.78 is 0. The molecule has 0 saturated heterocycles. The van der Waals surface area contributed by atoms with E-state index in [4.69, 9.17) is 0 Å². The summed E-state index contributed by atoms with van der Waals surface area (Å²) in [6, 6.07) is 48.9. The molecular weight excluding hydrogens is 637 g/mol. The zero-order valence-electron chi connectivity index (χ0n) is 33.6. The molecule has 0 nitrogen and oxygen atoms in total. The van der Waals surface area contributed by atoms with E-state index in [1.807, 2.05) is 0 Å². The number of hydrogen-bond acceptors (Lipinski definition) is 0. The van der Waals surface area contributed by atoms with Gasteiger partial charge in [-0.05, 0) is 113 Å². The molecule has 0 aliphatic heterocycles. The Morgan fingerprint density at radius 1 is 0.472 bits per heavy atom. The van der Waals surface area contributed by atoms with Crippen molar-refractivity contribution in [3.05, 3.63) is 177 Å². The minimum absolute atomic E-state index is 0.0333. The second kappa shape index (κ2) is 12.4. The highest BCUT2D eigenvalue weighted by Gasteiger charge is 2.41. The monoisotopic (exact) mass is 692 g/mol. The van der Waals surface area contributed by atoms with Crippen LogP contribution in [0.5, 0.6) is 0 Å². The maximum atomic E-state index is 2.57. The highest BCUT2D eigenvalue weighted by atomic mass is 14.4. The maximum Gasteiger partial charge on any atom is 0.0161 e. The van der Waals surface area contributed by atoms with Gasteiger partial charge in [-0.2, -0.15) is 0 Å². The lowest BCUT2D eigenvalue weighted by atomic mass is 9.71. The molecule has 6 aromatic carbocycles. The van der Waals surface area contributed by atoms with Gasteiger partial charge in [-0.25, -0.2) is 0 Å². The molecule has 1 atom stereocenters. The van der Waals surface area contributed by atoms with E-state index in [0.29, 0.717) is 5.92 Å². The van der Waals surface area contributed by atoms with Gasteiger partial charge in [-0.3, -0.25) is 0 Å². The molecule has 0 bridgehead atoms. The summed E-state index contributed by atoms with van der Waals surface area (Å²) in [5.74, 6) is 0.312. The predicted octanol–water partition coefficient (Wildman–Crippen LogP) is 14.1. The molecule has 0 N–H and O–H groups in total. The number of benzene rings is 6. The van der Waals surface area contributed by atoms with Crippen molar-refractivity contribution in [3.8, 4) is 33.4 Å². The van der Waals surface area contributed by atoms with Crippen molar-refractivity contribution in [2.24, 2.45) is 0 Å². The molecule has 1 unspecified atom stereocenters. The minimum atomic E-state index is -0.0848. The fraction of sp³-hybridized carbons (Fsp3) is 0.321. The molecule has 53 heavy (non-hydrogen) atoms. The lowest BCUT2D eigenvalue weighted by molar-refractivity contribution is 0.545. The minimum Gasteiger partial charge on any atom is -0.0622 e. The average Bonchev–Trinajstić information content (AvgIpc) is 3.50. The fourth-order valence-corrected chi connectivity index (χ4v) is 9.59. The van der Waals surface area contributed by atoms with Crippen LogP contribution in [-0.4, -0.2) is 0 Å². The molecule has 0 radical (unpaired) electrons. The Morgan fingerprint density at radius 2 is 1.08 bits per heavy atom. The molecule has 0 amide bonds. The van der Waals surface area contributed by atoms with Gasteiger partial charge in [0.25, 0.3) is 0 Å². The number of fused-ring (bicyclic) bond motifs is 6. The van der Waals surface area contributed by atoms with Gasteiger partial charge in [-0.15, -0.1) is 0 Å². The topological polar surface area (TPSA) is 0 Å². The van der Waals surface area contributed by atoms with Crippen LogP contribution in [0.15, 0.2) is 127 Å². The maximum absolute atomic E-state index is 2.57. The number of hydrogen-bond donors (Lipinski definition) is 0. The van der Waals surface area contributed by atoms with Crippen LogP contribution in [0.4, 0.5) is 0 Å². The molecule has 8 rings (SSSR count). The van der Waals surface area contributed by atoms with Crippen LogP contribution >= 0.6 is 0 Å². The molecule has 0 aromatic heterocycles. The van der Waals surface area contributed by atoms with Gasteiger partial charge in [0.05, 0.1) is 0 Å². The van der Waals surface area contributed by atoms with Crippen LogP contribution in [0.25, 0.3) is 33.4 Å². The van der Waals surface area contributed by atoms with Crippen molar-refractivity contribution < 1.29 is 0 Å². The van der Waals surface area contributed by atoms with E-state index in [9.17, 15) is 0 Å². The van der Waals surface area contributed by atoms with E-state index in [0.717, 1.165) is 12.8 Å². The summed E-state index contributed by atoms with van der Waals surface area (Å²) in [5, 5.41) is 0. The summed E-state index contributed by atoms with van der Waals surface area (Å²) in [6.07, 6.45) is 1.95. The van der Waals surface area contributed by atoms with Crippen molar-refractivity contribution in [1.82, 2.24) is 0 Å². The molecule has 6 aromatic rings. The van der Waals surface area contributed by atoms with Crippen molar-refractivity contribution in [1.29, 1.82) is 0 Å². The van der Waals surface area contributed by atoms with E-state index in [1.54, 1.807) is 0 Å². The molecule has 0 fully saturated rings. The lowest BCUT2D eigenvalue weighted by Gasteiger charge is -2.33. The first-order chi connectivity index (χ1) is 25.0. The molecular formula is C53H56. The van der Waals surface area contributed by atoms with Crippen molar-refractivity contribution >= 4 is 0 Å². The van der Waals surface area contributed by atoms with E-state index >= 15 is 0 Å². The Bertz CT molecular complexity index is 2350. The van der Waals surface area contributed by atoms with Gasteiger partial charge in [0.1, 0.15) is 0 Å². The Balaban J connectivity index is 1.24. The van der Waals surface area contributed by atoms with Crippen molar-refractivity contribution in [3.63, 3.8) is 0 Å². The third kappa shape index (κ3) is 6.00. The summed E-state index contributed by atoms with van der Waals surface area (Å²) in [4.78, 5) is 0. The second-order valence-electron chi connectivity index (χ2n) is 19.1. The average molecular weight is 693 g/mol. The Morgan fingerprint density at radius 3 is 1.79 bits per heavy atom. The molecule has 0 saturated carbocycles. The fourth-order valence-electron chi connectivity index (χ4n) is 9.59. The van der Waals surface area contributed by atoms with Crippen molar-refractivity contribution in [2.45, 2.75) is 110 Å². The van der Waals surface area contributed by atoms with Crippen LogP contribution in [0.3, 0.4) is 0 Å². The summed E-state index contributed by atoms with van der Waals surface area (Å²) in [7, 11) is 0. The van der Waals surface area contributed by atoms with E-state index in [2.05, 4.69) is 197 Å². The zero-order chi connectivity index (χ0) is 37.5. The standard InChI is InChI=1S/C53H56/c1-50(2,3)39-32-44-43-26-24-34(29-46(43)53(9,10)49(44)48(33-39)51(4,5)6)28-38(30-37-20-14-15-21-40(37)35-18-12-11-13-19-35)36-25-27-42-41-22-16-17-23-45(41)52(7,8)47(42)31-36/h11-27,29,31-33,38H,28,30H2,1-10H3.